The number of hydrogen-bond acceptors (Lipinski definition) is 2. The van der Waals surface area contributed by atoms with Gasteiger partial charge in [-0.2, -0.15) is 14.7 Å². The number of nitrogens with zero attached hydrogens (tertiary/aromatic N) is 3. The molecular weight excluding hydrogens is 392 g/mol. The topological polar surface area (TPSA) is 46.0 Å². The minimum Gasteiger partial charge on any atom is -0.259 e. The molecule has 1 N–H and O–H groups in total. The molecule has 0 unspecified atom stereocenters. The van der Waals surface area contributed by atoms with Crippen molar-refractivity contribution in [3.63, 3.8) is 0 Å². The lowest BCUT2D eigenvalue weighted by Crippen LogP contribution is -2.12. The van der Waals surface area contributed by atoms with Gasteiger partial charge in [-0.3, -0.25) is 5.10 Å². The van der Waals surface area contributed by atoms with E-state index in [1.807, 2.05) is 4.52 Å². The second-order valence-electron chi connectivity index (χ2n) is 10.7. The quantitative estimate of drug-likeness (QED) is 0.328. The summed E-state index contributed by atoms with van der Waals surface area (Å²) in [6.07, 6.45) is 12.1. The molecule has 2 aromatic heterocycles. The molecule has 176 valence electrons. The SMILES string of the molecule is CCCCCCCCCCc1c(C)c(C)c(-c2n[nH]c3cc(C(C)(C)C)nn23)c(C)c1C. The largest absolute Gasteiger partial charge is 0.259 e. The maximum absolute atomic E-state index is 4.90. The van der Waals surface area contributed by atoms with Crippen molar-refractivity contribution in [1.29, 1.82) is 0 Å². The van der Waals surface area contributed by atoms with Crippen LogP contribution in [0, 0.1) is 27.7 Å². The van der Waals surface area contributed by atoms with Crippen molar-refractivity contribution in [3.05, 3.63) is 39.6 Å². The van der Waals surface area contributed by atoms with Crippen LogP contribution in [-0.4, -0.2) is 19.8 Å². The molecule has 1 aromatic carbocycles. The predicted molar refractivity (Wildman–Crippen MR) is 137 cm³/mol. The molecule has 0 bridgehead atoms. The van der Waals surface area contributed by atoms with Gasteiger partial charge in [0.15, 0.2) is 11.5 Å². The summed E-state index contributed by atoms with van der Waals surface area (Å²) in [6, 6.07) is 2.12. The van der Waals surface area contributed by atoms with Crippen LogP contribution in [0.15, 0.2) is 6.07 Å². The van der Waals surface area contributed by atoms with Crippen LogP contribution in [0.1, 0.15) is 113 Å². The molecule has 0 fully saturated rings. The third-order valence-electron chi connectivity index (χ3n) is 7.24. The highest BCUT2D eigenvalue weighted by Gasteiger charge is 2.23. The highest BCUT2D eigenvalue weighted by Crippen LogP contribution is 2.35. The van der Waals surface area contributed by atoms with E-state index in [4.69, 9.17) is 5.10 Å². The fourth-order valence-corrected chi connectivity index (χ4v) is 4.84. The van der Waals surface area contributed by atoms with Gasteiger partial charge in [0.25, 0.3) is 0 Å². The number of hydrogen-bond donors (Lipinski definition) is 1. The smallest absolute Gasteiger partial charge is 0.183 e. The summed E-state index contributed by atoms with van der Waals surface area (Å²) in [5.41, 5.74) is 10.3. The first kappa shape index (κ1) is 24.5. The first-order valence-electron chi connectivity index (χ1n) is 12.7. The summed E-state index contributed by atoms with van der Waals surface area (Å²) in [4.78, 5) is 0. The van der Waals surface area contributed by atoms with Crippen LogP contribution in [0.3, 0.4) is 0 Å². The van der Waals surface area contributed by atoms with Crippen LogP contribution in [0.25, 0.3) is 17.0 Å². The maximum Gasteiger partial charge on any atom is 0.183 e. The van der Waals surface area contributed by atoms with Gasteiger partial charge >= 0.3 is 0 Å². The minimum atomic E-state index is 0.0138. The molecule has 0 spiro atoms. The van der Waals surface area contributed by atoms with Crippen molar-refractivity contribution >= 4 is 5.65 Å². The fraction of sp³-hybridized carbons (Fsp3) is 0.643. The Morgan fingerprint density at radius 3 is 1.94 bits per heavy atom. The molecule has 0 aliphatic carbocycles. The standard InChI is InChI=1S/C28H44N4/c1-9-10-11-12-13-14-15-16-17-23-19(2)21(4)26(22(5)20(23)3)27-30-29-25-18-24(28(6,7)8)31-32(25)27/h18,29H,9-17H2,1-8H3. The van der Waals surface area contributed by atoms with E-state index >= 15 is 0 Å². The van der Waals surface area contributed by atoms with Gasteiger partial charge in [-0.05, 0) is 68.4 Å². The Morgan fingerprint density at radius 1 is 0.812 bits per heavy atom. The molecule has 4 heteroatoms. The van der Waals surface area contributed by atoms with Gasteiger partial charge < -0.3 is 0 Å². The average molecular weight is 437 g/mol. The lowest BCUT2D eigenvalue weighted by Gasteiger charge is -2.20. The number of rotatable bonds is 10. The maximum atomic E-state index is 4.90. The lowest BCUT2D eigenvalue weighted by atomic mass is 9.86. The van der Waals surface area contributed by atoms with Crippen LogP contribution in [0.4, 0.5) is 0 Å². The molecule has 0 atom stereocenters. The average Bonchev–Trinajstić information content (AvgIpc) is 3.33. The van der Waals surface area contributed by atoms with Crippen LogP contribution < -0.4 is 0 Å². The minimum absolute atomic E-state index is 0.0138. The summed E-state index contributed by atoms with van der Waals surface area (Å²) in [5.74, 6) is 0.926. The first-order chi connectivity index (χ1) is 15.2. The molecular formula is C28H44N4. The summed E-state index contributed by atoms with van der Waals surface area (Å²) < 4.78 is 1.99. The molecule has 2 heterocycles. The number of nitrogens with one attached hydrogen (secondary N) is 1. The van der Waals surface area contributed by atoms with E-state index in [0.29, 0.717) is 0 Å². The zero-order valence-electron chi connectivity index (χ0n) is 21.8. The van der Waals surface area contributed by atoms with Gasteiger partial charge in [0.2, 0.25) is 0 Å². The van der Waals surface area contributed by atoms with Crippen molar-refractivity contribution in [2.45, 2.75) is 119 Å². The molecule has 3 rings (SSSR count). The highest BCUT2D eigenvalue weighted by atomic mass is 15.4. The van der Waals surface area contributed by atoms with Gasteiger partial charge in [-0.15, -0.1) is 0 Å². The third-order valence-corrected chi connectivity index (χ3v) is 7.24. The van der Waals surface area contributed by atoms with E-state index in [0.717, 1.165) is 17.2 Å². The summed E-state index contributed by atoms with van der Waals surface area (Å²) in [6.45, 7) is 18.0. The summed E-state index contributed by atoms with van der Waals surface area (Å²) in [5, 5.41) is 12.8. The predicted octanol–water partition coefficient (Wildman–Crippen LogP) is 7.94. The molecule has 0 aliphatic heterocycles. The van der Waals surface area contributed by atoms with Gasteiger partial charge in [0, 0.05) is 17.0 Å². The molecule has 0 amide bonds. The van der Waals surface area contributed by atoms with Crippen molar-refractivity contribution in [2.75, 3.05) is 0 Å². The lowest BCUT2D eigenvalue weighted by molar-refractivity contribution is 0.563. The Morgan fingerprint density at radius 2 is 1.38 bits per heavy atom. The summed E-state index contributed by atoms with van der Waals surface area (Å²) in [7, 11) is 0. The van der Waals surface area contributed by atoms with Gasteiger partial charge in [-0.1, -0.05) is 72.6 Å². The molecule has 4 nitrogen and oxygen atoms in total. The van der Waals surface area contributed by atoms with Crippen LogP contribution in [0.5, 0.6) is 0 Å². The van der Waals surface area contributed by atoms with Gasteiger partial charge in [-0.25, -0.2) is 0 Å². The van der Waals surface area contributed by atoms with Crippen molar-refractivity contribution in [3.8, 4) is 11.4 Å². The van der Waals surface area contributed by atoms with E-state index in [1.54, 1.807) is 0 Å². The second-order valence-corrected chi connectivity index (χ2v) is 10.7. The van der Waals surface area contributed by atoms with Crippen LogP contribution >= 0.6 is 0 Å². The van der Waals surface area contributed by atoms with Crippen molar-refractivity contribution in [1.82, 2.24) is 19.8 Å². The number of benzene rings is 1. The number of aromatic amines is 1. The zero-order chi connectivity index (χ0) is 23.5. The van der Waals surface area contributed by atoms with Crippen molar-refractivity contribution in [2.24, 2.45) is 0 Å². The second kappa shape index (κ2) is 10.2. The van der Waals surface area contributed by atoms with Gasteiger partial charge in [0.05, 0.1) is 5.69 Å². The van der Waals surface area contributed by atoms with E-state index < -0.39 is 0 Å². The van der Waals surface area contributed by atoms with Gasteiger partial charge in [0.1, 0.15) is 0 Å². The summed E-state index contributed by atoms with van der Waals surface area (Å²) >= 11 is 0. The normalized spacial score (nSPS) is 12.2. The molecule has 0 radical (unpaired) electrons. The molecule has 32 heavy (non-hydrogen) atoms. The van der Waals surface area contributed by atoms with Crippen LogP contribution in [-0.2, 0) is 11.8 Å². The molecule has 0 saturated carbocycles. The first-order valence-corrected chi connectivity index (χ1v) is 12.7. The monoisotopic (exact) mass is 436 g/mol. The Bertz CT molecular complexity index is 1020. The van der Waals surface area contributed by atoms with E-state index in [-0.39, 0.29) is 5.41 Å². The Labute approximate surface area is 195 Å². The zero-order valence-corrected chi connectivity index (χ0v) is 21.8. The number of aromatic nitrogens is 4. The van der Waals surface area contributed by atoms with Crippen molar-refractivity contribution < 1.29 is 0 Å². The molecule has 3 aromatic rings. The Hall–Kier alpha value is -2.10. The third kappa shape index (κ3) is 5.10. The molecule has 0 aliphatic rings. The van der Waals surface area contributed by atoms with E-state index in [1.165, 1.54) is 91.2 Å². The van der Waals surface area contributed by atoms with E-state index in [9.17, 15) is 0 Å². The highest BCUT2D eigenvalue weighted by molar-refractivity contribution is 5.71. The van der Waals surface area contributed by atoms with E-state index in [2.05, 4.69) is 71.7 Å². The number of unbranched alkanes of at least 4 members (excludes halogenated alkanes) is 7. The molecule has 0 saturated heterocycles. The number of fused-ring (bicyclic) bond motifs is 1. The van der Waals surface area contributed by atoms with Crippen LogP contribution in [0.2, 0.25) is 0 Å². The Balaban J connectivity index is 1.80. The number of H-pyrrole nitrogens is 1. The fourth-order valence-electron chi connectivity index (χ4n) is 4.84. The Kier molecular flexibility index (Phi) is 7.84.